The van der Waals surface area contributed by atoms with E-state index in [1.165, 1.54) is 17.8 Å². The molecule has 2 rings (SSSR count). The van der Waals surface area contributed by atoms with E-state index in [1.807, 2.05) is 0 Å². The molecule has 0 saturated carbocycles. The molecule has 3 atom stereocenters. The molecule has 1 saturated heterocycles. The van der Waals surface area contributed by atoms with Gasteiger partial charge in [-0.3, -0.25) is 9.78 Å². The topological polar surface area (TPSA) is 105 Å². The lowest BCUT2D eigenvalue weighted by Crippen LogP contribution is -2.31. The quantitative estimate of drug-likeness (QED) is 0.571. The number of aromatic nitrogens is 2. The molecule has 0 aromatic carbocycles. The van der Waals surface area contributed by atoms with Crippen LogP contribution in [-0.4, -0.2) is 38.6 Å². The van der Waals surface area contributed by atoms with Crippen LogP contribution in [0.15, 0.2) is 15.8 Å². The maximum Gasteiger partial charge on any atom is 0.328 e. The first-order valence-electron chi connectivity index (χ1n) is 5.27. The maximum atomic E-state index is 11.6. The number of ether oxygens (including phenoxy) is 1. The Morgan fingerprint density at radius 1 is 1.59 bits per heavy atom. The second kappa shape index (κ2) is 4.44. The van der Waals surface area contributed by atoms with Crippen molar-refractivity contribution < 1.29 is 14.9 Å². The molecule has 3 N–H and O–H groups in total. The van der Waals surface area contributed by atoms with Gasteiger partial charge < -0.3 is 19.5 Å². The minimum absolute atomic E-state index is 0.229. The standard InChI is InChI=1S/C10H14N2O5/c1-12-3-5(9(15)11-10(12)16)7-2-6(14)8(4-13)17-7/h3,6-8,13-14H,2,4H2,1H3,(H,11,15,16)/t6-,7+,8+/m0/s1. The van der Waals surface area contributed by atoms with Gasteiger partial charge in [0.05, 0.1) is 24.4 Å². The van der Waals surface area contributed by atoms with Crippen LogP contribution in [0.1, 0.15) is 18.1 Å². The van der Waals surface area contributed by atoms with E-state index < -0.39 is 29.6 Å². The van der Waals surface area contributed by atoms with Crippen LogP contribution < -0.4 is 11.2 Å². The van der Waals surface area contributed by atoms with Gasteiger partial charge in [-0.25, -0.2) is 4.79 Å². The van der Waals surface area contributed by atoms with Crippen LogP contribution in [0.3, 0.4) is 0 Å². The molecule has 7 nitrogen and oxygen atoms in total. The highest BCUT2D eigenvalue weighted by molar-refractivity contribution is 5.11. The molecule has 94 valence electrons. The third-order valence-corrected chi connectivity index (χ3v) is 2.89. The molecule has 0 spiro atoms. The van der Waals surface area contributed by atoms with Gasteiger partial charge in [-0.15, -0.1) is 0 Å². The summed E-state index contributed by atoms with van der Waals surface area (Å²) in [4.78, 5) is 24.9. The molecule has 0 bridgehead atoms. The predicted octanol–water partition coefficient (Wildman–Crippen LogP) is -1.74. The fraction of sp³-hybridized carbons (Fsp3) is 0.600. The predicted molar refractivity (Wildman–Crippen MR) is 57.6 cm³/mol. The summed E-state index contributed by atoms with van der Waals surface area (Å²) in [5.74, 6) is 0. The first-order valence-corrected chi connectivity index (χ1v) is 5.27. The summed E-state index contributed by atoms with van der Waals surface area (Å²) in [5.41, 5.74) is -0.748. The van der Waals surface area contributed by atoms with Crippen LogP contribution in [0.25, 0.3) is 0 Å². The Balaban J connectivity index is 2.34. The lowest BCUT2D eigenvalue weighted by Gasteiger charge is -2.12. The smallest absolute Gasteiger partial charge is 0.328 e. The Bertz CT molecular complexity index is 520. The highest BCUT2D eigenvalue weighted by Crippen LogP contribution is 2.30. The zero-order valence-corrected chi connectivity index (χ0v) is 9.29. The summed E-state index contributed by atoms with van der Waals surface area (Å²) in [6, 6.07) is 0. The molecule has 1 aromatic heterocycles. The Labute approximate surface area is 96.3 Å². The first-order chi connectivity index (χ1) is 8.02. The average molecular weight is 242 g/mol. The summed E-state index contributed by atoms with van der Waals surface area (Å²) in [5, 5.41) is 18.5. The van der Waals surface area contributed by atoms with Crippen LogP contribution in [0.2, 0.25) is 0 Å². The average Bonchev–Trinajstić information content (AvgIpc) is 2.65. The molecule has 17 heavy (non-hydrogen) atoms. The van der Waals surface area contributed by atoms with E-state index in [0.717, 1.165) is 0 Å². The number of H-pyrrole nitrogens is 1. The number of hydrogen-bond acceptors (Lipinski definition) is 5. The van der Waals surface area contributed by atoms with E-state index in [4.69, 9.17) is 9.84 Å². The van der Waals surface area contributed by atoms with E-state index in [0.29, 0.717) is 0 Å². The second-order valence-electron chi connectivity index (χ2n) is 4.10. The maximum absolute atomic E-state index is 11.6. The van der Waals surface area contributed by atoms with Crippen molar-refractivity contribution in [3.05, 3.63) is 32.6 Å². The van der Waals surface area contributed by atoms with E-state index >= 15 is 0 Å². The van der Waals surface area contributed by atoms with Crippen LogP contribution in [0.4, 0.5) is 0 Å². The second-order valence-corrected chi connectivity index (χ2v) is 4.10. The van der Waals surface area contributed by atoms with Gasteiger partial charge in [0.25, 0.3) is 5.56 Å². The molecule has 0 radical (unpaired) electrons. The van der Waals surface area contributed by atoms with Crippen LogP contribution in [0, 0.1) is 0 Å². The van der Waals surface area contributed by atoms with Crippen molar-refractivity contribution in [2.45, 2.75) is 24.7 Å². The minimum atomic E-state index is -0.804. The van der Waals surface area contributed by atoms with Gasteiger partial charge >= 0.3 is 5.69 Å². The normalized spacial score (nSPS) is 28.5. The summed E-state index contributed by atoms with van der Waals surface area (Å²) in [6.07, 6.45) is -0.471. The number of nitrogens with one attached hydrogen (secondary N) is 1. The summed E-state index contributed by atoms with van der Waals surface area (Å²) >= 11 is 0. The molecule has 1 fully saturated rings. The number of aryl methyl sites for hydroxylation is 1. The molecule has 1 aromatic rings. The largest absolute Gasteiger partial charge is 0.394 e. The molecular formula is C10H14N2O5. The number of aliphatic hydroxyl groups excluding tert-OH is 2. The van der Waals surface area contributed by atoms with E-state index in [9.17, 15) is 14.7 Å². The van der Waals surface area contributed by atoms with Crippen molar-refractivity contribution >= 4 is 0 Å². The van der Waals surface area contributed by atoms with Gasteiger partial charge in [-0.2, -0.15) is 0 Å². The molecule has 1 aliphatic heterocycles. The van der Waals surface area contributed by atoms with Crippen molar-refractivity contribution in [1.82, 2.24) is 9.55 Å². The molecule has 0 unspecified atom stereocenters. The molecule has 0 amide bonds. The van der Waals surface area contributed by atoms with E-state index in [2.05, 4.69) is 4.98 Å². The number of aromatic amines is 1. The van der Waals surface area contributed by atoms with Crippen molar-refractivity contribution in [1.29, 1.82) is 0 Å². The molecular weight excluding hydrogens is 228 g/mol. The fourth-order valence-corrected chi connectivity index (χ4v) is 1.91. The van der Waals surface area contributed by atoms with Crippen LogP contribution in [-0.2, 0) is 11.8 Å². The monoisotopic (exact) mass is 242 g/mol. The van der Waals surface area contributed by atoms with Gasteiger partial charge in [-0.1, -0.05) is 0 Å². The van der Waals surface area contributed by atoms with Gasteiger partial charge in [0.1, 0.15) is 6.10 Å². The first kappa shape index (κ1) is 12.0. The molecule has 7 heteroatoms. The minimum Gasteiger partial charge on any atom is -0.394 e. The van der Waals surface area contributed by atoms with Crippen LogP contribution in [0.5, 0.6) is 0 Å². The van der Waals surface area contributed by atoms with Crippen LogP contribution >= 0.6 is 0 Å². The fourth-order valence-electron chi connectivity index (χ4n) is 1.91. The van der Waals surface area contributed by atoms with Crippen molar-refractivity contribution in [2.24, 2.45) is 7.05 Å². The number of aliphatic hydroxyl groups is 2. The van der Waals surface area contributed by atoms with Crippen molar-refractivity contribution in [2.75, 3.05) is 6.61 Å². The lowest BCUT2D eigenvalue weighted by atomic mass is 10.1. The number of rotatable bonds is 2. The summed E-state index contributed by atoms with van der Waals surface area (Å²) < 4.78 is 6.58. The van der Waals surface area contributed by atoms with Gasteiger partial charge in [0.2, 0.25) is 0 Å². The Hall–Kier alpha value is -1.44. The molecule has 2 heterocycles. The molecule has 1 aliphatic rings. The van der Waals surface area contributed by atoms with Gasteiger partial charge in [0.15, 0.2) is 0 Å². The third-order valence-electron chi connectivity index (χ3n) is 2.89. The number of hydrogen-bond donors (Lipinski definition) is 3. The zero-order chi connectivity index (χ0) is 12.6. The SMILES string of the molecule is Cn1cc([C@H]2C[C@H](O)[C@@H](CO)O2)c(=O)[nH]c1=O. The highest BCUT2D eigenvalue weighted by atomic mass is 16.5. The third kappa shape index (κ3) is 2.17. The lowest BCUT2D eigenvalue weighted by molar-refractivity contribution is -0.0230. The summed E-state index contributed by atoms with van der Waals surface area (Å²) in [7, 11) is 1.51. The van der Waals surface area contributed by atoms with E-state index in [1.54, 1.807) is 0 Å². The number of nitrogens with zero attached hydrogens (tertiary/aromatic N) is 1. The zero-order valence-electron chi connectivity index (χ0n) is 9.29. The van der Waals surface area contributed by atoms with E-state index in [-0.39, 0.29) is 18.6 Å². The molecule has 0 aliphatic carbocycles. The summed E-state index contributed by atoms with van der Waals surface area (Å²) in [6.45, 7) is -0.304. The van der Waals surface area contributed by atoms with Crippen molar-refractivity contribution in [3.8, 4) is 0 Å². The Morgan fingerprint density at radius 2 is 2.29 bits per heavy atom. The highest BCUT2D eigenvalue weighted by Gasteiger charge is 2.35. The Morgan fingerprint density at radius 3 is 2.88 bits per heavy atom. The van der Waals surface area contributed by atoms with Gasteiger partial charge in [0, 0.05) is 19.7 Å². The Kier molecular flexibility index (Phi) is 3.14. The van der Waals surface area contributed by atoms with Crippen molar-refractivity contribution in [3.63, 3.8) is 0 Å². The van der Waals surface area contributed by atoms with Gasteiger partial charge in [-0.05, 0) is 0 Å².